The second-order valence-corrected chi connectivity index (χ2v) is 15.9. The third-order valence-corrected chi connectivity index (χ3v) is 12.5. The van der Waals surface area contributed by atoms with E-state index in [1.54, 1.807) is 0 Å². The zero-order valence-electron chi connectivity index (χ0n) is 33.4. The summed E-state index contributed by atoms with van der Waals surface area (Å²) in [5.41, 5.74) is 9.59. The molecule has 0 aliphatic carbocycles. The molecule has 13 rings (SSSR count). The fourth-order valence-corrected chi connectivity index (χ4v) is 9.88. The average molecular weight is 790 g/mol. The van der Waals surface area contributed by atoms with Crippen LogP contribution in [0.5, 0.6) is 0 Å². The summed E-state index contributed by atoms with van der Waals surface area (Å²) in [5.74, 6) is 1.81. The van der Waals surface area contributed by atoms with E-state index in [0.717, 1.165) is 60.6 Å². The van der Waals surface area contributed by atoms with Crippen molar-refractivity contribution in [3.63, 3.8) is 0 Å². The zero-order chi connectivity index (χ0) is 40.7. The summed E-state index contributed by atoms with van der Waals surface area (Å²) in [6.07, 6.45) is 0. The third kappa shape index (κ3) is 5.12. The topological polar surface area (TPSA) is 48.5 Å². The van der Waals surface area contributed by atoms with E-state index >= 15 is 0 Å². The van der Waals surface area contributed by atoms with Gasteiger partial charge in [0.05, 0.1) is 22.1 Å². The Morgan fingerprint density at radius 3 is 1.32 bits per heavy atom. The van der Waals surface area contributed by atoms with Crippen LogP contribution in [0.1, 0.15) is 0 Å². The van der Waals surface area contributed by atoms with Crippen LogP contribution in [0.2, 0.25) is 0 Å². The highest BCUT2D eigenvalue weighted by Crippen LogP contribution is 2.44. The maximum absolute atomic E-state index is 5.30. The molecule has 3 aromatic heterocycles. The van der Waals surface area contributed by atoms with Gasteiger partial charge in [-0.2, -0.15) is 9.97 Å². The summed E-state index contributed by atoms with van der Waals surface area (Å²) in [6.45, 7) is 0. The van der Waals surface area contributed by atoms with Crippen LogP contribution < -0.4 is 0 Å². The lowest BCUT2D eigenvalue weighted by atomic mass is 9.89. The lowest BCUT2D eigenvalue weighted by Gasteiger charge is -2.16. The number of para-hydroxylation sites is 2. The number of fused-ring (bicyclic) bond motifs is 13. The predicted octanol–water partition coefficient (Wildman–Crippen LogP) is 14.5. The molecule has 0 aliphatic rings. The average Bonchev–Trinajstić information content (AvgIpc) is 3.88. The first-order valence-electron chi connectivity index (χ1n) is 21.0. The monoisotopic (exact) mass is 789 g/mol. The molecule has 0 N–H and O–H groups in total. The van der Waals surface area contributed by atoms with E-state index in [-0.39, 0.29) is 0 Å². The van der Waals surface area contributed by atoms with E-state index in [1.807, 2.05) is 36.4 Å². The standard InChI is InChI=1S/C57H35N5/c1-3-17-36(18-4-1)55-58-56(37-19-5-2-6-20-37)60-57(59-55)62-51-32-14-12-27-45(51)49-34-33-48-44-26-11-13-31-50(44)61(53(48)54(49)62)39-22-15-21-38(35-39)40-29-16-30-47-43-24-8-7-23-41(43)42-25-9-10-28-46(42)52(40)47/h1-35H. The fraction of sp³-hybridized carbons (Fsp3) is 0. The third-order valence-electron chi connectivity index (χ3n) is 12.5. The van der Waals surface area contributed by atoms with Crippen molar-refractivity contribution in [3.8, 4) is 45.5 Å². The maximum Gasteiger partial charge on any atom is 0.238 e. The molecule has 5 nitrogen and oxygen atoms in total. The summed E-state index contributed by atoms with van der Waals surface area (Å²) >= 11 is 0. The molecule has 0 saturated heterocycles. The lowest BCUT2D eigenvalue weighted by Crippen LogP contribution is -2.07. The summed E-state index contributed by atoms with van der Waals surface area (Å²) in [6, 6.07) is 75.7. The van der Waals surface area contributed by atoms with Crippen molar-refractivity contribution < 1.29 is 0 Å². The second kappa shape index (κ2) is 13.6. The zero-order valence-corrected chi connectivity index (χ0v) is 33.4. The van der Waals surface area contributed by atoms with E-state index in [2.05, 4.69) is 185 Å². The van der Waals surface area contributed by atoms with Crippen LogP contribution in [-0.4, -0.2) is 24.1 Å². The van der Waals surface area contributed by atoms with Crippen molar-refractivity contribution in [2.24, 2.45) is 0 Å². The van der Waals surface area contributed by atoms with Crippen molar-refractivity contribution in [2.75, 3.05) is 0 Å². The van der Waals surface area contributed by atoms with Gasteiger partial charge in [-0.1, -0.05) is 188 Å². The summed E-state index contributed by atoms with van der Waals surface area (Å²) in [5, 5.41) is 12.2. The normalized spacial score (nSPS) is 11.9. The Morgan fingerprint density at radius 1 is 0.290 bits per heavy atom. The van der Waals surface area contributed by atoms with Gasteiger partial charge in [-0.25, -0.2) is 4.98 Å². The first-order valence-corrected chi connectivity index (χ1v) is 21.0. The van der Waals surface area contributed by atoms with E-state index in [4.69, 9.17) is 15.0 Å². The number of hydrogen-bond acceptors (Lipinski definition) is 3. The molecule has 62 heavy (non-hydrogen) atoms. The van der Waals surface area contributed by atoms with Gasteiger partial charge < -0.3 is 4.57 Å². The predicted molar refractivity (Wildman–Crippen MR) is 257 cm³/mol. The summed E-state index contributed by atoms with van der Waals surface area (Å²) in [4.78, 5) is 15.7. The molecular weight excluding hydrogens is 755 g/mol. The molecule has 0 aliphatic heterocycles. The van der Waals surface area contributed by atoms with E-state index in [9.17, 15) is 0 Å². The van der Waals surface area contributed by atoms with Gasteiger partial charge in [0, 0.05) is 38.4 Å². The molecule has 13 aromatic rings. The summed E-state index contributed by atoms with van der Waals surface area (Å²) in [7, 11) is 0. The summed E-state index contributed by atoms with van der Waals surface area (Å²) < 4.78 is 4.71. The largest absolute Gasteiger partial charge is 0.307 e. The van der Waals surface area contributed by atoms with E-state index < -0.39 is 0 Å². The SMILES string of the molecule is c1ccc(-c2nc(-c3ccccc3)nc(-n3c4ccccc4c4ccc5c6ccccc6n(-c6cccc(-c7cccc8c9ccccc9c9ccccc9c78)c6)c5c43)n2)cc1. The van der Waals surface area contributed by atoms with Gasteiger partial charge in [0.1, 0.15) is 0 Å². The Morgan fingerprint density at radius 2 is 0.726 bits per heavy atom. The lowest BCUT2D eigenvalue weighted by molar-refractivity contribution is 0.953. The molecule has 0 radical (unpaired) electrons. The molecule has 3 heterocycles. The Kier molecular flexibility index (Phi) is 7.54. The molecule has 0 atom stereocenters. The highest BCUT2D eigenvalue weighted by molar-refractivity contribution is 6.28. The quantitative estimate of drug-likeness (QED) is 0.163. The first kappa shape index (κ1) is 34.5. The van der Waals surface area contributed by atoms with Crippen molar-refractivity contribution >= 4 is 75.9 Å². The number of benzene rings is 10. The van der Waals surface area contributed by atoms with Gasteiger partial charge in [0.15, 0.2) is 11.6 Å². The van der Waals surface area contributed by atoms with Crippen LogP contribution in [0.3, 0.4) is 0 Å². The Bertz CT molecular complexity index is 3820. The van der Waals surface area contributed by atoms with Crippen LogP contribution in [0.15, 0.2) is 212 Å². The molecule has 0 saturated carbocycles. The number of hydrogen-bond donors (Lipinski definition) is 0. The highest BCUT2D eigenvalue weighted by atomic mass is 15.2. The van der Waals surface area contributed by atoms with Gasteiger partial charge in [0.2, 0.25) is 5.95 Å². The van der Waals surface area contributed by atoms with Crippen LogP contribution >= 0.6 is 0 Å². The molecule has 0 unspecified atom stereocenters. The molecule has 0 spiro atoms. The van der Waals surface area contributed by atoms with Crippen molar-refractivity contribution in [1.29, 1.82) is 0 Å². The van der Waals surface area contributed by atoms with Crippen LogP contribution in [0.4, 0.5) is 0 Å². The number of nitrogens with zero attached hydrogens (tertiary/aromatic N) is 5. The highest BCUT2D eigenvalue weighted by Gasteiger charge is 2.24. The molecule has 0 amide bonds. The molecule has 10 aromatic carbocycles. The minimum absolute atomic E-state index is 0.567. The van der Waals surface area contributed by atoms with Gasteiger partial charge in [0.25, 0.3) is 0 Å². The molecule has 0 bridgehead atoms. The Balaban J connectivity index is 1.13. The van der Waals surface area contributed by atoms with Gasteiger partial charge in [-0.3, -0.25) is 4.57 Å². The Hall–Kier alpha value is -8.41. The van der Waals surface area contributed by atoms with Crippen LogP contribution in [0, 0.1) is 0 Å². The van der Waals surface area contributed by atoms with Gasteiger partial charge in [-0.15, -0.1) is 0 Å². The fourth-order valence-electron chi connectivity index (χ4n) is 9.88. The smallest absolute Gasteiger partial charge is 0.238 e. The molecule has 5 heteroatoms. The van der Waals surface area contributed by atoms with Gasteiger partial charge in [-0.05, 0) is 67.7 Å². The first-order chi connectivity index (χ1) is 30.8. The van der Waals surface area contributed by atoms with Crippen LogP contribution in [0.25, 0.3) is 121 Å². The van der Waals surface area contributed by atoms with E-state index in [1.165, 1.54) is 43.3 Å². The van der Waals surface area contributed by atoms with Crippen molar-refractivity contribution in [2.45, 2.75) is 0 Å². The van der Waals surface area contributed by atoms with Crippen molar-refractivity contribution in [1.82, 2.24) is 24.1 Å². The number of rotatable bonds is 5. The van der Waals surface area contributed by atoms with E-state index in [0.29, 0.717) is 17.6 Å². The number of aromatic nitrogens is 5. The molecular formula is C57H35N5. The van der Waals surface area contributed by atoms with Crippen LogP contribution in [-0.2, 0) is 0 Å². The molecule has 0 fully saturated rings. The Labute approximate surface area is 356 Å². The van der Waals surface area contributed by atoms with Gasteiger partial charge >= 0.3 is 0 Å². The molecule has 288 valence electrons. The second-order valence-electron chi connectivity index (χ2n) is 15.9. The maximum atomic E-state index is 5.30. The minimum Gasteiger partial charge on any atom is -0.307 e. The van der Waals surface area contributed by atoms with Crippen molar-refractivity contribution in [3.05, 3.63) is 212 Å². The minimum atomic E-state index is 0.567.